The molecule has 1 atom stereocenters. The number of carbonyl (C=O) groups is 2. The van der Waals surface area contributed by atoms with Gasteiger partial charge in [0, 0.05) is 47.9 Å². The van der Waals surface area contributed by atoms with Gasteiger partial charge in [-0.15, -0.1) is 0 Å². The molecule has 2 aromatic rings. The number of anilines is 1. The second kappa shape index (κ2) is 6.87. The first kappa shape index (κ1) is 18.2. The Labute approximate surface area is 174 Å². The standard InChI is InChI=1S/C22H20Cl2N2O2/c23-13-9-16-17(11-25(14-5-6-14)12-18(16)19(24)10-13)15-3-1-2-4-20(15)26-21(27)7-8-22(26)28/h1-4,9-10,14,17H,5-8,11-12H2. The van der Waals surface area contributed by atoms with Crippen molar-refractivity contribution in [2.45, 2.75) is 44.2 Å². The number of rotatable bonds is 3. The molecule has 1 saturated carbocycles. The number of nitrogens with zero attached hydrogens (tertiary/aromatic N) is 2. The highest BCUT2D eigenvalue weighted by atomic mass is 35.5. The van der Waals surface area contributed by atoms with E-state index in [4.69, 9.17) is 23.2 Å². The number of carbonyl (C=O) groups excluding carboxylic acids is 2. The Morgan fingerprint density at radius 1 is 0.929 bits per heavy atom. The summed E-state index contributed by atoms with van der Waals surface area (Å²) in [5.74, 6) is -0.244. The van der Waals surface area contributed by atoms with E-state index in [0.717, 1.165) is 29.8 Å². The molecule has 0 radical (unpaired) electrons. The largest absolute Gasteiger partial charge is 0.295 e. The monoisotopic (exact) mass is 414 g/mol. The molecule has 0 spiro atoms. The van der Waals surface area contributed by atoms with Crippen molar-refractivity contribution < 1.29 is 9.59 Å². The van der Waals surface area contributed by atoms with Crippen LogP contribution in [0.25, 0.3) is 0 Å². The highest BCUT2D eigenvalue weighted by Gasteiger charge is 2.39. The van der Waals surface area contributed by atoms with E-state index in [2.05, 4.69) is 4.90 Å². The smallest absolute Gasteiger partial charge is 0.234 e. The average molecular weight is 415 g/mol. The molecule has 0 bridgehead atoms. The molecular formula is C22H20Cl2N2O2. The van der Waals surface area contributed by atoms with Crippen LogP contribution in [0.2, 0.25) is 10.0 Å². The van der Waals surface area contributed by atoms with Crippen molar-refractivity contribution in [1.82, 2.24) is 4.90 Å². The second-order valence-electron chi connectivity index (χ2n) is 7.85. The van der Waals surface area contributed by atoms with Gasteiger partial charge in [-0.3, -0.25) is 19.4 Å². The molecule has 2 aliphatic heterocycles. The SMILES string of the molecule is O=C1CCC(=O)N1c1ccccc1C1CN(C2CC2)Cc2c(Cl)cc(Cl)cc21. The number of hydrogen-bond acceptors (Lipinski definition) is 3. The molecule has 1 unspecified atom stereocenters. The number of benzene rings is 2. The van der Waals surface area contributed by atoms with E-state index < -0.39 is 0 Å². The van der Waals surface area contributed by atoms with Gasteiger partial charge in [-0.25, -0.2) is 0 Å². The Kier molecular flexibility index (Phi) is 4.46. The lowest BCUT2D eigenvalue weighted by Crippen LogP contribution is -2.37. The van der Waals surface area contributed by atoms with Crippen LogP contribution < -0.4 is 4.90 Å². The molecule has 28 heavy (non-hydrogen) atoms. The third kappa shape index (κ3) is 3.04. The van der Waals surface area contributed by atoms with Crippen LogP contribution in [0, 0.1) is 0 Å². The van der Waals surface area contributed by atoms with Gasteiger partial charge in [-0.1, -0.05) is 41.4 Å². The van der Waals surface area contributed by atoms with Crippen molar-refractivity contribution in [1.29, 1.82) is 0 Å². The summed E-state index contributed by atoms with van der Waals surface area (Å²) < 4.78 is 0. The molecule has 1 saturated heterocycles. The van der Waals surface area contributed by atoms with Crippen molar-refractivity contribution in [3.05, 3.63) is 63.1 Å². The fourth-order valence-electron chi connectivity index (χ4n) is 4.52. The minimum atomic E-state index is -0.128. The molecule has 5 rings (SSSR count). The first-order valence-corrected chi connectivity index (χ1v) is 10.4. The van der Waals surface area contributed by atoms with Crippen LogP contribution in [0.4, 0.5) is 5.69 Å². The first-order valence-electron chi connectivity index (χ1n) is 9.69. The summed E-state index contributed by atoms with van der Waals surface area (Å²) in [5, 5.41) is 1.29. The van der Waals surface area contributed by atoms with Crippen LogP contribution in [-0.4, -0.2) is 29.3 Å². The third-order valence-corrected chi connectivity index (χ3v) is 6.57. The van der Waals surface area contributed by atoms with E-state index in [9.17, 15) is 9.59 Å². The van der Waals surface area contributed by atoms with Gasteiger partial charge in [0.1, 0.15) is 0 Å². The normalized spacial score (nSPS) is 22.6. The van der Waals surface area contributed by atoms with Crippen LogP contribution in [0.1, 0.15) is 48.3 Å². The first-order chi connectivity index (χ1) is 13.5. The van der Waals surface area contributed by atoms with Crippen LogP contribution in [0.5, 0.6) is 0 Å². The molecule has 3 aliphatic rings. The van der Waals surface area contributed by atoms with Crippen LogP contribution in [0.3, 0.4) is 0 Å². The van der Waals surface area contributed by atoms with Crippen molar-refractivity contribution in [2.24, 2.45) is 0 Å². The number of amides is 2. The fourth-order valence-corrected chi connectivity index (χ4v) is 5.09. The van der Waals surface area contributed by atoms with Crippen LogP contribution in [0.15, 0.2) is 36.4 Å². The maximum absolute atomic E-state index is 12.4. The summed E-state index contributed by atoms with van der Waals surface area (Å²) in [6, 6.07) is 12.1. The molecule has 6 heteroatoms. The second-order valence-corrected chi connectivity index (χ2v) is 8.69. The van der Waals surface area contributed by atoms with Gasteiger partial charge in [0.05, 0.1) is 5.69 Å². The quantitative estimate of drug-likeness (QED) is 0.679. The Morgan fingerprint density at radius 3 is 2.36 bits per heavy atom. The minimum Gasteiger partial charge on any atom is -0.295 e. The number of para-hydroxylation sites is 1. The Balaban J connectivity index is 1.65. The van der Waals surface area contributed by atoms with Crippen molar-refractivity contribution in [3.8, 4) is 0 Å². The topological polar surface area (TPSA) is 40.6 Å². The third-order valence-electron chi connectivity index (χ3n) is 6.02. The van der Waals surface area contributed by atoms with E-state index >= 15 is 0 Å². The molecule has 4 nitrogen and oxygen atoms in total. The van der Waals surface area contributed by atoms with Gasteiger partial charge in [-0.2, -0.15) is 0 Å². The molecular weight excluding hydrogens is 395 g/mol. The molecule has 2 fully saturated rings. The number of halogens is 2. The molecule has 0 N–H and O–H groups in total. The van der Waals surface area contributed by atoms with E-state index in [1.807, 2.05) is 30.3 Å². The lowest BCUT2D eigenvalue weighted by Gasteiger charge is -2.37. The molecule has 2 aromatic carbocycles. The summed E-state index contributed by atoms with van der Waals surface area (Å²) in [6.45, 7) is 1.65. The van der Waals surface area contributed by atoms with Gasteiger partial charge in [0.2, 0.25) is 11.8 Å². The average Bonchev–Trinajstić information content (AvgIpc) is 3.47. The van der Waals surface area contributed by atoms with E-state index in [-0.39, 0.29) is 30.6 Å². The fraction of sp³-hybridized carbons (Fsp3) is 0.364. The number of imide groups is 1. The van der Waals surface area contributed by atoms with Gasteiger partial charge in [0.15, 0.2) is 0 Å². The van der Waals surface area contributed by atoms with Crippen molar-refractivity contribution in [2.75, 3.05) is 11.4 Å². The molecule has 144 valence electrons. The molecule has 1 aliphatic carbocycles. The van der Waals surface area contributed by atoms with Gasteiger partial charge < -0.3 is 0 Å². The lowest BCUT2D eigenvalue weighted by molar-refractivity contribution is -0.121. The lowest BCUT2D eigenvalue weighted by atomic mass is 9.83. The Hall–Kier alpha value is -1.88. The summed E-state index contributed by atoms with van der Waals surface area (Å²) in [4.78, 5) is 28.6. The van der Waals surface area contributed by atoms with Crippen LogP contribution in [-0.2, 0) is 16.1 Å². The van der Waals surface area contributed by atoms with Gasteiger partial charge >= 0.3 is 0 Å². The summed E-state index contributed by atoms with van der Waals surface area (Å²) >= 11 is 12.9. The van der Waals surface area contributed by atoms with Crippen LogP contribution >= 0.6 is 23.2 Å². The van der Waals surface area contributed by atoms with Gasteiger partial charge in [-0.05, 0) is 47.7 Å². The molecule has 2 amide bonds. The highest BCUT2D eigenvalue weighted by Crippen LogP contribution is 2.44. The van der Waals surface area contributed by atoms with E-state index in [1.54, 1.807) is 6.07 Å². The summed E-state index contributed by atoms with van der Waals surface area (Å²) in [5.41, 5.74) is 3.87. The zero-order valence-corrected chi connectivity index (χ0v) is 16.8. The summed E-state index contributed by atoms with van der Waals surface area (Å²) in [7, 11) is 0. The number of fused-ring (bicyclic) bond motifs is 1. The maximum Gasteiger partial charge on any atom is 0.234 e. The van der Waals surface area contributed by atoms with Crippen molar-refractivity contribution >= 4 is 40.7 Å². The van der Waals surface area contributed by atoms with Gasteiger partial charge in [0.25, 0.3) is 0 Å². The zero-order valence-electron chi connectivity index (χ0n) is 15.3. The number of hydrogen-bond donors (Lipinski definition) is 0. The maximum atomic E-state index is 12.4. The molecule has 2 heterocycles. The summed E-state index contributed by atoms with van der Waals surface area (Å²) in [6.07, 6.45) is 2.97. The predicted molar refractivity (Wildman–Crippen MR) is 110 cm³/mol. The Morgan fingerprint density at radius 2 is 1.64 bits per heavy atom. The van der Waals surface area contributed by atoms with E-state index in [1.165, 1.54) is 17.7 Å². The zero-order chi connectivity index (χ0) is 19.4. The Bertz CT molecular complexity index is 970. The molecule has 0 aromatic heterocycles. The minimum absolute atomic E-state index is 0.0120. The highest BCUT2D eigenvalue weighted by molar-refractivity contribution is 6.35. The van der Waals surface area contributed by atoms with Crippen molar-refractivity contribution in [3.63, 3.8) is 0 Å². The predicted octanol–water partition coefficient (Wildman–Crippen LogP) is 4.76. The van der Waals surface area contributed by atoms with E-state index in [0.29, 0.717) is 21.8 Å².